The summed E-state index contributed by atoms with van der Waals surface area (Å²) in [6, 6.07) is 11.7. The van der Waals surface area contributed by atoms with Crippen LogP contribution >= 0.6 is 35.0 Å². The first-order chi connectivity index (χ1) is 12.5. The number of benzene rings is 2. The van der Waals surface area contributed by atoms with Crippen molar-refractivity contribution >= 4 is 35.0 Å². The van der Waals surface area contributed by atoms with Crippen LogP contribution in [-0.4, -0.2) is 14.8 Å². The number of halogens is 2. The van der Waals surface area contributed by atoms with Gasteiger partial charge in [0.25, 0.3) is 0 Å². The monoisotopic (exact) mass is 407 g/mol. The molecular formula is C19H19Cl2N3OS. The average Bonchev–Trinajstić information content (AvgIpc) is 2.96. The first-order valence-corrected chi connectivity index (χ1v) is 9.84. The second-order valence-corrected chi connectivity index (χ2v) is 7.76. The highest BCUT2D eigenvalue weighted by Gasteiger charge is 2.12. The first kappa shape index (κ1) is 19.1. The second kappa shape index (κ2) is 8.33. The maximum Gasteiger partial charge on any atom is 0.191 e. The van der Waals surface area contributed by atoms with Gasteiger partial charge in [0.15, 0.2) is 11.0 Å². The highest BCUT2D eigenvalue weighted by molar-refractivity contribution is 7.98. The Bertz CT molecular complexity index is 907. The third kappa shape index (κ3) is 4.34. The maximum atomic E-state index is 6.07. The largest absolute Gasteiger partial charge is 0.485 e. The van der Waals surface area contributed by atoms with E-state index in [4.69, 9.17) is 27.9 Å². The molecule has 0 radical (unpaired) electrons. The topological polar surface area (TPSA) is 39.9 Å². The van der Waals surface area contributed by atoms with Crippen molar-refractivity contribution in [1.82, 2.24) is 14.8 Å². The van der Waals surface area contributed by atoms with Crippen LogP contribution < -0.4 is 4.74 Å². The second-order valence-electron chi connectivity index (χ2n) is 6.00. The van der Waals surface area contributed by atoms with Crippen molar-refractivity contribution in [3.63, 3.8) is 0 Å². The van der Waals surface area contributed by atoms with E-state index < -0.39 is 0 Å². The van der Waals surface area contributed by atoms with Gasteiger partial charge in [0.1, 0.15) is 12.4 Å². The van der Waals surface area contributed by atoms with Crippen molar-refractivity contribution in [2.75, 3.05) is 0 Å². The predicted molar refractivity (Wildman–Crippen MR) is 107 cm³/mol. The fourth-order valence-electron chi connectivity index (χ4n) is 2.54. The summed E-state index contributed by atoms with van der Waals surface area (Å²) >= 11 is 13.6. The lowest BCUT2D eigenvalue weighted by atomic mass is 10.1. The van der Waals surface area contributed by atoms with Gasteiger partial charge in [-0.05, 0) is 42.7 Å². The van der Waals surface area contributed by atoms with Gasteiger partial charge in [-0.2, -0.15) is 0 Å². The smallest absolute Gasteiger partial charge is 0.191 e. The molecule has 1 aromatic heterocycles. The molecule has 0 aliphatic carbocycles. The fraction of sp³-hybridized carbons (Fsp3) is 0.263. The lowest BCUT2D eigenvalue weighted by molar-refractivity contribution is 0.286. The van der Waals surface area contributed by atoms with Gasteiger partial charge in [0.05, 0.1) is 10.0 Å². The van der Waals surface area contributed by atoms with Gasteiger partial charge in [0.2, 0.25) is 0 Å². The van der Waals surface area contributed by atoms with Crippen molar-refractivity contribution < 1.29 is 4.74 Å². The molecule has 0 N–H and O–H groups in total. The van der Waals surface area contributed by atoms with E-state index >= 15 is 0 Å². The van der Waals surface area contributed by atoms with Crippen molar-refractivity contribution in [3.05, 3.63) is 69.0 Å². The lowest BCUT2D eigenvalue weighted by Gasteiger charge is -2.11. The number of aryl methyl sites for hydroxylation is 2. The van der Waals surface area contributed by atoms with Crippen LogP contribution in [0.25, 0.3) is 0 Å². The molecule has 3 aromatic rings. The predicted octanol–water partition coefficient (Wildman–Crippen LogP) is 5.61. The molecule has 0 fully saturated rings. The van der Waals surface area contributed by atoms with Crippen LogP contribution in [0.2, 0.25) is 10.0 Å². The van der Waals surface area contributed by atoms with E-state index in [1.807, 2.05) is 55.8 Å². The summed E-state index contributed by atoms with van der Waals surface area (Å²) in [5.41, 5.74) is 3.31. The molecule has 0 atom stereocenters. The number of para-hydroxylation sites is 1. The number of thioether (sulfide) groups is 1. The Morgan fingerprint density at radius 2 is 1.77 bits per heavy atom. The number of nitrogens with zero attached hydrogens (tertiary/aromatic N) is 3. The zero-order chi connectivity index (χ0) is 18.7. The first-order valence-electron chi connectivity index (χ1n) is 8.09. The van der Waals surface area contributed by atoms with E-state index in [2.05, 4.69) is 10.2 Å². The standard InChI is InChI=1S/C19H19Cl2N3OS/c1-12-5-4-6-13(2)18(12)25-10-17-22-23-19(24(17)3)26-11-14-7-8-15(20)16(21)9-14/h4-9H,10-11H2,1-3H3. The third-order valence-corrected chi connectivity index (χ3v) is 5.86. The molecule has 1 heterocycles. The van der Waals surface area contributed by atoms with Gasteiger partial charge in [0, 0.05) is 12.8 Å². The van der Waals surface area contributed by atoms with Crippen molar-refractivity contribution in [1.29, 1.82) is 0 Å². The Labute approximate surface area is 167 Å². The van der Waals surface area contributed by atoms with Crippen LogP contribution in [0.3, 0.4) is 0 Å². The minimum atomic E-state index is 0.378. The molecule has 26 heavy (non-hydrogen) atoms. The van der Waals surface area contributed by atoms with Crippen LogP contribution in [0.1, 0.15) is 22.5 Å². The van der Waals surface area contributed by atoms with Gasteiger partial charge in [-0.1, -0.05) is 59.2 Å². The van der Waals surface area contributed by atoms with E-state index in [1.54, 1.807) is 17.8 Å². The SMILES string of the molecule is Cc1cccc(C)c1OCc1nnc(SCc2ccc(Cl)c(Cl)c2)n1C. The molecule has 3 rings (SSSR count). The molecule has 0 saturated carbocycles. The zero-order valence-electron chi connectivity index (χ0n) is 14.8. The highest BCUT2D eigenvalue weighted by atomic mass is 35.5. The quantitative estimate of drug-likeness (QED) is 0.497. The molecule has 2 aromatic carbocycles. The van der Waals surface area contributed by atoms with Crippen molar-refractivity contribution in [3.8, 4) is 5.75 Å². The molecule has 0 saturated heterocycles. The lowest BCUT2D eigenvalue weighted by Crippen LogP contribution is -2.05. The summed E-state index contributed by atoms with van der Waals surface area (Å²) in [6.45, 7) is 4.46. The fourth-order valence-corrected chi connectivity index (χ4v) is 3.73. The molecule has 4 nitrogen and oxygen atoms in total. The van der Waals surface area contributed by atoms with Crippen molar-refractivity contribution in [2.45, 2.75) is 31.4 Å². The normalized spacial score (nSPS) is 11.0. The van der Waals surface area contributed by atoms with Gasteiger partial charge in [-0.15, -0.1) is 10.2 Å². The molecule has 0 unspecified atom stereocenters. The molecular weight excluding hydrogens is 389 g/mol. The summed E-state index contributed by atoms with van der Waals surface area (Å²) in [7, 11) is 1.95. The van der Waals surface area contributed by atoms with E-state index in [1.165, 1.54) is 0 Å². The van der Waals surface area contributed by atoms with Crippen LogP contribution in [0.15, 0.2) is 41.6 Å². The summed E-state index contributed by atoms with van der Waals surface area (Å²) in [5.74, 6) is 2.42. The van der Waals surface area contributed by atoms with Crippen LogP contribution in [0, 0.1) is 13.8 Å². The zero-order valence-corrected chi connectivity index (χ0v) is 17.1. The minimum Gasteiger partial charge on any atom is -0.485 e. The molecule has 136 valence electrons. The van der Waals surface area contributed by atoms with E-state index in [0.29, 0.717) is 16.7 Å². The number of hydrogen-bond acceptors (Lipinski definition) is 4. The summed E-state index contributed by atoms with van der Waals surface area (Å²) in [6.07, 6.45) is 0. The van der Waals surface area contributed by atoms with Gasteiger partial charge in [-0.3, -0.25) is 0 Å². The molecule has 0 aliphatic rings. The Balaban J connectivity index is 1.65. The Morgan fingerprint density at radius 1 is 1.04 bits per heavy atom. The summed E-state index contributed by atoms with van der Waals surface area (Å²) in [4.78, 5) is 0. The Hall–Kier alpha value is -1.69. The molecule has 7 heteroatoms. The van der Waals surface area contributed by atoms with Gasteiger partial charge in [-0.25, -0.2) is 0 Å². The molecule has 0 spiro atoms. The van der Waals surface area contributed by atoms with Crippen molar-refractivity contribution in [2.24, 2.45) is 7.05 Å². The minimum absolute atomic E-state index is 0.378. The Morgan fingerprint density at radius 3 is 2.46 bits per heavy atom. The average molecular weight is 408 g/mol. The van der Waals surface area contributed by atoms with Crippen LogP contribution in [-0.2, 0) is 19.4 Å². The van der Waals surface area contributed by atoms with Gasteiger partial charge >= 0.3 is 0 Å². The number of ether oxygens (including phenoxy) is 1. The third-order valence-electron chi connectivity index (χ3n) is 4.03. The van der Waals surface area contributed by atoms with E-state index in [-0.39, 0.29) is 0 Å². The molecule has 0 aliphatic heterocycles. The van der Waals surface area contributed by atoms with Crippen LogP contribution in [0.4, 0.5) is 0 Å². The summed E-state index contributed by atoms with van der Waals surface area (Å²) in [5, 5.41) is 10.5. The van der Waals surface area contributed by atoms with E-state index in [0.717, 1.165) is 39.2 Å². The van der Waals surface area contributed by atoms with Crippen LogP contribution in [0.5, 0.6) is 5.75 Å². The molecule has 0 bridgehead atoms. The number of rotatable bonds is 6. The number of hydrogen-bond donors (Lipinski definition) is 0. The highest BCUT2D eigenvalue weighted by Crippen LogP contribution is 2.27. The summed E-state index contributed by atoms with van der Waals surface area (Å²) < 4.78 is 7.93. The maximum absolute atomic E-state index is 6.07. The number of aromatic nitrogens is 3. The van der Waals surface area contributed by atoms with E-state index in [9.17, 15) is 0 Å². The van der Waals surface area contributed by atoms with Gasteiger partial charge < -0.3 is 9.30 Å². The Kier molecular flexibility index (Phi) is 6.12. The molecule has 0 amide bonds.